The summed E-state index contributed by atoms with van der Waals surface area (Å²) in [6.45, 7) is -0.819. The molecule has 0 bridgehead atoms. The maximum absolute atomic E-state index is 12.8. The number of alkyl halides is 2. The van der Waals surface area contributed by atoms with Crippen LogP contribution in [-0.4, -0.2) is 73.0 Å². The van der Waals surface area contributed by atoms with Gasteiger partial charge >= 0.3 is 12.7 Å². The van der Waals surface area contributed by atoms with E-state index in [0.717, 1.165) is 43.7 Å². The van der Waals surface area contributed by atoms with Gasteiger partial charge in [0.05, 0.1) is 23.6 Å². The third kappa shape index (κ3) is 5.31. The van der Waals surface area contributed by atoms with Crippen molar-refractivity contribution in [1.82, 2.24) is 15.3 Å². The molecule has 206 valence electrons. The number of anilines is 3. The van der Waals surface area contributed by atoms with Crippen LogP contribution < -0.4 is 29.9 Å². The predicted octanol–water partition coefficient (Wildman–Crippen LogP) is 3.17. The molecule has 2 aromatic rings. The Kier molecular flexibility index (Phi) is 6.90. The molecule has 1 aliphatic carbocycles. The minimum atomic E-state index is -2.89. The second-order valence-corrected chi connectivity index (χ2v) is 9.83. The number of carbonyl (C=O) groups excluding carboxylic acids is 2. The average molecular weight is 543 g/mol. The zero-order chi connectivity index (χ0) is 26.9. The Bertz CT molecular complexity index is 1290. The van der Waals surface area contributed by atoms with E-state index in [1.54, 1.807) is 23.1 Å². The van der Waals surface area contributed by atoms with E-state index in [1.807, 2.05) is 12.2 Å². The van der Waals surface area contributed by atoms with Crippen molar-refractivity contribution in [2.75, 3.05) is 41.4 Å². The highest BCUT2D eigenvalue weighted by Gasteiger charge is 2.46. The van der Waals surface area contributed by atoms with Gasteiger partial charge in [-0.1, -0.05) is 6.08 Å². The Morgan fingerprint density at radius 1 is 1.26 bits per heavy atom. The first kappa shape index (κ1) is 25.3. The molecule has 11 nitrogen and oxygen atoms in total. The van der Waals surface area contributed by atoms with Crippen molar-refractivity contribution in [3.63, 3.8) is 0 Å². The van der Waals surface area contributed by atoms with Crippen LogP contribution in [0.2, 0.25) is 0 Å². The highest BCUT2D eigenvalue weighted by Crippen LogP contribution is 2.37. The molecule has 0 unspecified atom stereocenters. The van der Waals surface area contributed by atoms with Crippen LogP contribution in [0.15, 0.2) is 30.5 Å². The highest BCUT2D eigenvalue weighted by atomic mass is 19.3. The number of aromatic nitrogens is 2. The summed E-state index contributed by atoms with van der Waals surface area (Å²) in [5.41, 5.74) is 1.50. The normalized spacial score (nSPS) is 23.5. The summed E-state index contributed by atoms with van der Waals surface area (Å²) in [6, 6.07) is 5.07. The van der Waals surface area contributed by atoms with Crippen LogP contribution in [0.5, 0.6) is 11.5 Å². The number of rotatable bonds is 8. The van der Waals surface area contributed by atoms with Crippen LogP contribution in [0.1, 0.15) is 31.4 Å². The van der Waals surface area contributed by atoms with Crippen molar-refractivity contribution >= 4 is 35.4 Å². The van der Waals surface area contributed by atoms with Gasteiger partial charge in [-0.15, -0.1) is 0 Å². The number of nitrogens with zero attached hydrogens (tertiary/aromatic N) is 4. The molecule has 2 aromatic heterocycles. The Labute approximate surface area is 223 Å². The molecule has 0 aromatic carbocycles. The van der Waals surface area contributed by atoms with E-state index in [1.165, 1.54) is 6.20 Å². The molecule has 3 aliphatic heterocycles. The molecule has 0 spiro atoms. The molecule has 13 heteroatoms. The van der Waals surface area contributed by atoms with Crippen molar-refractivity contribution in [2.24, 2.45) is 0 Å². The van der Waals surface area contributed by atoms with Gasteiger partial charge in [0.15, 0.2) is 18.2 Å². The molecule has 2 N–H and O–H groups in total. The van der Waals surface area contributed by atoms with Gasteiger partial charge in [-0.25, -0.2) is 9.78 Å². The average Bonchev–Trinajstić information content (AvgIpc) is 3.25. The van der Waals surface area contributed by atoms with Crippen LogP contribution >= 0.6 is 0 Å². The monoisotopic (exact) mass is 542 g/mol. The van der Waals surface area contributed by atoms with Crippen molar-refractivity contribution in [2.45, 2.75) is 50.5 Å². The lowest BCUT2D eigenvalue weighted by Crippen LogP contribution is -2.46. The van der Waals surface area contributed by atoms with Crippen molar-refractivity contribution in [3.05, 3.63) is 36.2 Å². The first-order chi connectivity index (χ1) is 18.9. The summed E-state index contributed by atoms with van der Waals surface area (Å²) in [6.07, 6.45) is 7.61. The smallest absolute Gasteiger partial charge is 0.416 e. The maximum Gasteiger partial charge on any atom is 0.416 e. The van der Waals surface area contributed by atoms with Gasteiger partial charge in [-0.3, -0.25) is 14.7 Å². The van der Waals surface area contributed by atoms with E-state index >= 15 is 0 Å². The number of carbonyl (C=O) groups is 2. The number of nitrogens with one attached hydrogen (secondary N) is 2. The number of hydrogen-bond acceptors (Lipinski definition) is 9. The van der Waals surface area contributed by atoms with E-state index in [2.05, 4.69) is 30.2 Å². The fraction of sp³-hybridized carbons (Fsp3) is 0.462. The number of hydrogen-bond donors (Lipinski definition) is 2. The van der Waals surface area contributed by atoms with Crippen molar-refractivity contribution in [3.8, 4) is 11.5 Å². The SMILES string of the molecule is O=C1COc2ccc(N3C(=O)O[C@H]4C[C@@H](NCCCN5CC=Cc6ncc(OC(F)F)cc65)CC[C@@H]43)nc2N1. The summed E-state index contributed by atoms with van der Waals surface area (Å²) in [5.74, 6) is 0.954. The molecule has 39 heavy (non-hydrogen) atoms. The standard InChI is InChI=1S/C26H28F2N6O5/c27-25(28)38-16-12-19-17(30-13-16)3-1-9-33(19)10-2-8-29-15-4-5-18-21(11-15)39-26(36)34(18)22-7-6-20-24(31-22)32-23(35)14-37-20/h1,3,6-7,12-13,15,18,21,25,29H,2,4-5,8-11,14H2,(H,31,32,35)/t15-,18-,21-/m0/s1. The van der Waals surface area contributed by atoms with E-state index in [0.29, 0.717) is 30.4 Å². The second-order valence-electron chi connectivity index (χ2n) is 9.83. The minimum absolute atomic E-state index is 0.0442. The fourth-order valence-electron chi connectivity index (χ4n) is 5.57. The molecular weight excluding hydrogens is 514 g/mol. The zero-order valence-electron chi connectivity index (χ0n) is 21.0. The van der Waals surface area contributed by atoms with Gasteiger partial charge < -0.3 is 29.7 Å². The predicted molar refractivity (Wildman–Crippen MR) is 137 cm³/mol. The first-order valence-electron chi connectivity index (χ1n) is 13.0. The van der Waals surface area contributed by atoms with Gasteiger partial charge in [0.25, 0.3) is 5.91 Å². The number of halogens is 2. The van der Waals surface area contributed by atoms with Gasteiger partial charge in [0, 0.05) is 31.6 Å². The van der Waals surface area contributed by atoms with E-state index in [4.69, 9.17) is 9.47 Å². The zero-order valence-corrected chi connectivity index (χ0v) is 21.0. The van der Waals surface area contributed by atoms with Crippen LogP contribution in [0.3, 0.4) is 0 Å². The van der Waals surface area contributed by atoms with Crippen LogP contribution in [0.25, 0.3) is 6.08 Å². The van der Waals surface area contributed by atoms with Gasteiger partial charge in [0.2, 0.25) is 0 Å². The van der Waals surface area contributed by atoms with E-state index in [-0.39, 0.29) is 36.5 Å². The highest BCUT2D eigenvalue weighted by molar-refractivity contribution is 5.95. The number of amides is 2. The molecule has 5 heterocycles. The molecule has 4 aliphatic rings. The second kappa shape index (κ2) is 10.6. The number of ether oxygens (including phenoxy) is 3. The summed E-state index contributed by atoms with van der Waals surface area (Å²) in [4.78, 5) is 36.8. The maximum atomic E-state index is 12.8. The first-order valence-corrected chi connectivity index (χ1v) is 13.0. The van der Waals surface area contributed by atoms with Crippen molar-refractivity contribution in [1.29, 1.82) is 0 Å². The third-order valence-electron chi connectivity index (χ3n) is 7.32. The van der Waals surface area contributed by atoms with Crippen LogP contribution in [-0.2, 0) is 9.53 Å². The summed E-state index contributed by atoms with van der Waals surface area (Å²) in [5, 5.41) is 6.25. The Balaban J connectivity index is 1.01. The summed E-state index contributed by atoms with van der Waals surface area (Å²) in [7, 11) is 0. The fourth-order valence-corrected chi connectivity index (χ4v) is 5.57. The molecule has 3 atom stereocenters. The molecule has 0 radical (unpaired) electrons. The lowest BCUT2D eigenvalue weighted by atomic mass is 9.88. The van der Waals surface area contributed by atoms with Gasteiger partial charge in [0.1, 0.15) is 17.7 Å². The topological polar surface area (TPSA) is 118 Å². The van der Waals surface area contributed by atoms with Crippen molar-refractivity contribution < 1.29 is 32.6 Å². The largest absolute Gasteiger partial charge is 0.480 e. The molecule has 2 fully saturated rings. The molecule has 2 amide bonds. The number of fused-ring (bicyclic) bond motifs is 3. The Morgan fingerprint density at radius 3 is 3.03 bits per heavy atom. The minimum Gasteiger partial charge on any atom is -0.480 e. The Morgan fingerprint density at radius 2 is 2.15 bits per heavy atom. The summed E-state index contributed by atoms with van der Waals surface area (Å²) < 4.78 is 40.8. The molecular formula is C26H28F2N6O5. The van der Waals surface area contributed by atoms with Gasteiger partial charge in [-0.2, -0.15) is 8.78 Å². The van der Waals surface area contributed by atoms with E-state index < -0.39 is 12.7 Å². The number of pyridine rings is 2. The van der Waals surface area contributed by atoms with Gasteiger partial charge in [-0.05, 0) is 44.0 Å². The summed E-state index contributed by atoms with van der Waals surface area (Å²) >= 11 is 0. The quantitative estimate of drug-likeness (QED) is 0.485. The molecule has 1 saturated carbocycles. The molecule has 1 saturated heterocycles. The Hall–Kier alpha value is -4.00. The van der Waals surface area contributed by atoms with Crippen LogP contribution in [0, 0.1) is 0 Å². The third-order valence-corrected chi connectivity index (χ3v) is 7.32. The lowest BCUT2D eigenvalue weighted by molar-refractivity contribution is -0.118. The van der Waals surface area contributed by atoms with E-state index in [9.17, 15) is 18.4 Å². The molecule has 6 rings (SSSR count). The van der Waals surface area contributed by atoms with Crippen LogP contribution in [0.4, 0.5) is 30.9 Å². The lowest BCUT2D eigenvalue weighted by Gasteiger charge is -2.33.